The standard InChI is InChI=1S/C17H19NO3/c1-12-15(20-2)9-14(10-16(12)21-3)17(19)18-11-13-7-5-4-6-8-13/h4-10H,11H2,1-3H3,(H,18,19). The predicted molar refractivity (Wildman–Crippen MR) is 81.9 cm³/mol. The van der Waals surface area contributed by atoms with Crippen molar-refractivity contribution in [3.05, 3.63) is 59.2 Å². The Morgan fingerprint density at radius 2 is 1.62 bits per heavy atom. The van der Waals surface area contributed by atoms with E-state index in [2.05, 4.69) is 5.32 Å². The van der Waals surface area contributed by atoms with Crippen molar-refractivity contribution >= 4 is 5.91 Å². The maximum atomic E-state index is 12.2. The molecule has 2 aromatic carbocycles. The van der Waals surface area contributed by atoms with E-state index in [-0.39, 0.29) is 5.91 Å². The third-order valence-corrected chi connectivity index (χ3v) is 3.31. The molecule has 4 heteroatoms. The van der Waals surface area contributed by atoms with Gasteiger partial charge in [0.05, 0.1) is 14.2 Å². The number of ether oxygens (including phenoxy) is 2. The van der Waals surface area contributed by atoms with E-state index in [1.54, 1.807) is 26.4 Å². The van der Waals surface area contributed by atoms with Crippen molar-refractivity contribution in [2.75, 3.05) is 14.2 Å². The molecule has 0 bridgehead atoms. The second kappa shape index (κ2) is 6.79. The maximum Gasteiger partial charge on any atom is 0.251 e. The zero-order valence-corrected chi connectivity index (χ0v) is 12.5. The summed E-state index contributed by atoms with van der Waals surface area (Å²) >= 11 is 0. The average molecular weight is 285 g/mol. The van der Waals surface area contributed by atoms with Crippen molar-refractivity contribution in [3.8, 4) is 11.5 Å². The second-order valence-corrected chi connectivity index (χ2v) is 4.67. The number of carbonyl (C=O) groups excluding carboxylic acids is 1. The van der Waals surface area contributed by atoms with Gasteiger partial charge < -0.3 is 14.8 Å². The number of amides is 1. The van der Waals surface area contributed by atoms with Gasteiger partial charge in [-0.15, -0.1) is 0 Å². The number of hydrogen-bond donors (Lipinski definition) is 1. The van der Waals surface area contributed by atoms with Crippen LogP contribution in [0.3, 0.4) is 0 Å². The van der Waals surface area contributed by atoms with E-state index in [0.29, 0.717) is 23.6 Å². The summed E-state index contributed by atoms with van der Waals surface area (Å²) in [6.07, 6.45) is 0. The Balaban J connectivity index is 2.15. The van der Waals surface area contributed by atoms with Crippen LogP contribution in [0.25, 0.3) is 0 Å². The Morgan fingerprint density at radius 1 is 1.05 bits per heavy atom. The Morgan fingerprint density at radius 3 is 2.14 bits per heavy atom. The fraction of sp³-hybridized carbons (Fsp3) is 0.235. The number of benzene rings is 2. The molecule has 0 aliphatic heterocycles. The highest BCUT2D eigenvalue weighted by Crippen LogP contribution is 2.29. The van der Waals surface area contributed by atoms with Gasteiger partial charge in [0, 0.05) is 17.7 Å². The Bertz CT molecular complexity index is 598. The fourth-order valence-electron chi connectivity index (χ4n) is 2.10. The van der Waals surface area contributed by atoms with Crippen molar-refractivity contribution in [2.24, 2.45) is 0 Å². The molecule has 0 aliphatic rings. The van der Waals surface area contributed by atoms with E-state index >= 15 is 0 Å². The maximum absolute atomic E-state index is 12.2. The predicted octanol–water partition coefficient (Wildman–Crippen LogP) is 2.94. The van der Waals surface area contributed by atoms with Crippen molar-refractivity contribution < 1.29 is 14.3 Å². The van der Waals surface area contributed by atoms with Gasteiger partial charge in [0.1, 0.15) is 11.5 Å². The SMILES string of the molecule is COc1cc(C(=O)NCc2ccccc2)cc(OC)c1C. The van der Waals surface area contributed by atoms with Crippen LogP contribution >= 0.6 is 0 Å². The van der Waals surface area contributed by atoms with Gasteiger partial charge in [0.2, 0.25) is 0 Å². The lowest BCUT2D eigenvalue weighted by molar-refractivity contribution is 0.0950. The summed E-state index contributed by atoms with van der Waals surface area (Å²) in [7, 11) is 3.15. The second-order valence-electron chi connectivity index (χ2n) is 4.67. The third-order valence-electron chi connectivity index (χ3n) is 3.31. The van der Waals surface area contributed by atoms with Gasteiger partial charge in [0.25, 0.3) is 5.91 Å². The van der Waals surface area contributed by atoms with Crippen molar-refractivity contribution in [3.63, 3.8) is 0 Å². The zero-order chi connectivity index (χ0) is 15.2. The average Bonchev–Trinajstić information content (AvgIpc) is 2.53. The van der Waals surface area contributed by atoms with Crippen LogP contribution in [0, 0.1) is 6.92 Å². The fourth-order valence-corrected chi connectivity index (χ4v) is 2.10. The van der Waals surface area contributed by atoms with Crippen molar-refractivity contribution in [2.45, 2.75) is 13.5 Å². The quantitative estimate of drug-likeness (QED) is 0.918. The summed E-state index contributed by atoms with van der Waals surface area (Å²) in [6.45, 7) is 2.38. The summed E-state index contributed by atoms with van der Waals surface area (Å²) < 4.78 is 10.6. The van der Waals surface area contributed by atoms with E-state index in [1.165, 1.54) is 0 Å². The molecule has 0 atom stereocenters. The lowest BCUT2D eigenvalue weighted by atomic mass is 10.1. The highest BCUT2D eigenvalue weighted by Gasteiger charge is 2.13. The number of carbonyl (C=O) groups is 1. The number of methoxy groups -OCH3 is 2. The molecule has 0 fully saturated rings. The Hall–Kier alpha value is -2.49. The van der Waals surface area contributed by atoms with Crippen LogP contribution in [-0.4, -0.2) is 20.1 Å². The molecule has 21 heavy (non-hydrogen) atoms. The minimum Gasteiger partial charge on any atom is -0.496 e. The summed E-state index contributed by atoms with van der Waals surface area (Å²) in [5, 5.41) is 2.89. The van der Waals surface area contributed by atoms with Gasteiger partial charge in [-0.2, -0.15) is 0 Å². The first kappa shape index (κ1) is 14.9. The van der Waals surface area contributed by atoms with Crippen LogP contribution in [0.4, 0.5) is 0 Å². The molecular formula is C17H19NO3. The molecule has 110 valence electrons. The van der Waals surface area contributed by atoms with E-state index in [9.17, 15) is 4.79 Å². The van der Waals surface area contributed by atoms with Gasteiger partial charge in [-0.25, -0.2) is 0 Å². The number of rotatable bonds is 5. The Kier molecular flexibility index (Phi) is 4.82. The molecule has 4 nitrogen and oxygen atoms in total. The van der Waals surface area contributed by atoms with Crippen LogP contribution in [0.2, 0.25) is 0 Å². The van der Waals surface area contributed by atoms with Crippen LogP contribution < -0.4 is 14.8 Å². The van der Waals surface area contributed by atoms with E-state index in [4.69, 9.17) is 9.47 Å². The molecule has 0 aliphatic carbocycles. The summed E-state index contributed by atoms with van der Waals surface area (Å²) in [6, 6.07) is 13.2. The van der Waals surface area contributed by atoms with Gasteiger partial charge in [-0.3, -0.25) is 4.79 Å². The van der Waals surface area contributed by atoms with Crippen molar-refractivity contribution in [1.29, 1.82) is 0 Å². The first-order valence-corrected chi connectivity index (χ1v) is 6.70. The van der Waals surface area contributed by atoms with Gasteiger partial charge >= 0.3 is 0 Å². The molecule has 0 aromatic heterocycles. The van der Waals surface area contributed by atoms with Crippen LogP contribution in [0.15, 0.2) is 42.5 Å². The van der Waals surface area contributed by atoms with Crippen LogP contribution in [0.5, 0.6) is 11.5 Å². The van der Waals surface area contributed by atoms with Gasteiger partial charge in [-0.05, 0) is 24.6 Å². The molecule has 0 saturated carbocycles. The van der Waals surface area contributed by atoms with E-state index < -0.39 is 0 Å². The molecule has 0 heterocycles. The van der Waals surface area contributed by atoms with Crippen LogP contribution in [0.1, 0.15) is 21.5 Å². The molecule has 1 N–H and O–H groups in total. The minimum atomic E-state index is -0.157. The summed E-state index contributed by atoms with van der Waals surface area (Å²) in [5.74, 6) is 1.12. The lowest BCUT2D eigenvalue weighted by Gasteiger charge is -2.12. The molecule has 0 unspecified atom stereocenters. The number of hydrogen-bond acceptors (Lipinski definition) is 3. The topological polar surface area (TPSA) is 47.6 Å². The molecule has 0 saturated heterocycles. The molecule has 2 aromatic rings. The van der Waals surface area contributed by atoms with Gasteiger partial charge in [-0.1, -0.05) is 30.3 Å². The molecule has 1 amide bonds. The van der Waals surface area contributed by atoms with Gasteiger partial charge in [0.15, 0.2) is 0 Å². The third kappa shape index (κ3) is 3.54. The van der Waals surface area contributed by atoms with E-state index in [0.717, 1.165) is 11.1 Å². The van der Waals surface area contributed by atoms with E-state index in [1.807, 2.05) is 37.3 Å². The first-order valence-electron chi connectivity index (χ1n) is 6.70. The largest absolute Gasteiger partial charge is 0.496 e. The normalized spacial score (nSPS) is 10.0. The lowest BCUT2D eigenvalue weighted by Crippen LogP contribution is -2.22. The highest BCUT2D eigenvalue weighted by atomic mass is 16.5. The summed E-state index contributed by atoms with van der Waals surface area (Å²) in [4.78, 5) is 12.2. The summed E-state index contributed by atoms with van der Waals surface area (Å²) in [5.41, 5.74) is 2.45. The number of nitrogens with one attached hydrogen (secondary N) is 1. The first-order chi connectivity index (χ1) is 10.2. The van der Waals surface area contributed by atoms with Crippen LogP contribution in [-0.2, 0) is 6.54 Å². The molecular weight excluding hydrogens is 266 g/mol. The highest BCUT2D eigenvalue weighted by molar-refractivity contribution is 5.95. The molecule has 2 rings (SSSR count). The molecule has 0 radical (unpaired) electrons. The smallest absolute Gasteiger partial charge is 0.251 e. The van der Waals surface area contributed by atoms with Crippen molar-refractivity contribution in [1.82, 2.24) is 5.32 Å². The molecule has 0 spiro atoms. The Labute approximate surface area is 124 Å². The monoisotopic (exact) mass is 285 g/mol. The minimum absolute atomic E-state index is 0.157. The zero-order valence-electron chi connectivity index (χ0n) is 12.5.